The molecule has 1 atom stereocenters. The van der Waals surface area contributed by atoms with Gasteiger partial charge in [-0.25, -0.2) is 0 Å². The van der Waals surface area contributed by atoms with Crippen molar-refractivity contribution in [3.8, 4) is 0 Å². The summed E-state index contributed by atoms with van der Waals surface area (Å²) in [6, 6.07) is 0. The van der Waals surface area contributed by atoms with E-state index in [1.807, 2.05) is 26.8 Å². The molecule has 0 N–H and O–H groups in total. The number of hydrogen-bond donors (Lipinski definition) is 0. The quantitative estimate of drug-likeness (QED) is 0.485. The van der Waals surface area contributed by atoms with Crippen LogP contribution in [0, 0.1) is 0 Å². The molecule has 0 aromatic rings. The summed E-state index contributed by atoms with van der Waals surface area (Å²) >= 11 is 0. The first kappa shape index (κ1) is 17.1. The van der Waals surface area contributed by atoms with E-state index in [1.54, 1.807) is 0 Å². The summed E-state index contributed by atoms with van der Waals surface area (Å²) in [7, 11) is -4.25. The molecule has 0 rings (SSSR count). The number of rotatable bonds is 8. The summed E-state index contributed by atoms with van der Waals surface area (Å²) in [5.74, 6) is 0. The maximum Gasteiger partial charge on any atom is 0.337 e. The zero-order chi connectivity index (χ0) is 13.5. The van der Waals surface area contributed by atoms with E-state index in [4.69, 9.17) is 9.05 Å². The smallest absolute Gasteiger partial charge is 0.308 e. The average Bonchev–Trinajstić information content (AvgIpc) is 2.17. The Kier molecular flexibility index (Phi) is 7.57. The molecular weight excluding hydrogens is 251 g/mol. The van der Waals surface area contributed by atoms with Crippen LogP contribution in [0.2, 0.25) is 19.6 Å². The molecule has 0 saturated heterocycles. The number of hydrogen-bond acceptors (Lipinski definition) is 3. The molecule has 0 aromatic heterocycles. The fraction of sp³-hybridized carbons (Fsp3) is 0.833. The van der Waals surface area contributed by atoms with Crippen molar-refractivity contribution >= 4 is 15.7 Å². The van der Waals surface area contributed by atoms with E-state index in [-0.39, 0.29) is 5.66 Å². The van der Waals surface area contributed by atoms with Crippen molar-refractivity contribution in [1.29, 1.82) is 0 Å². The fourth-order valence-electron chi connectivity index (χ4n) is 1.45. The third-order valence-electron chi connectivity index (χ3n) is 2.26. The summed E-state index contributed by atoms with van der Waals surface area (Å²) in [5, 5.41) is 0. The second-order valence-corrected chi connectivity index (χ2v) is 12.4. The van der Waals surface area contributed by atoms with Gasteiger partial charge in [-0.1, -0.05) is 38.3 Å². The summed E-state index contributed by atoms with van der Waals surface area (Å²) < 4.78 is 23.4. The van der Waals surface area contributed by atoms with Gasteiger partial charge in [-0.15, -0.1) is 0 Å². The van der Waals surface area contributed by atoms with Crippen molar-refractivity contribution < 1.29 is 13.6 Å². The lowest BCUT2D eigenvalue weighted by Gasteiger charge is -2.23. The van der Waals surface area contributed by atoms with E-state index < -0.39 is 15.7 Å². The van der Waals surface area contributed by atoms with Gasteiger partial charge in [0.05, 0.1) is 26.9 Å². The fourth-order valence-corrected chi connectivity index (χ4v) is 4.35. The van der Waals surface area contributed by atoms with E-state index in [2.05, 4.69) is 25.3 Å². The van der Waals surface area contributed by atoms with Crippen LogP contribution >= 0.6 is 7.60 Å². The van der Waals surface area contributed by atoms with Crippen LogP contribution in [0.5, 0.6) is 0 Å². The van der Waals surface area contributed by atoms with Crippen molar-refractivity contribution in [3.63, 3.8) is 0 Å². The zero-order valence-electron chi connectivity index (χ0n) is 12.0. The topological polar surface area (TPSA) is 35.5 Å². The maximum absolute atomic E-state index is 12.6. The van der Waals surface area contributed by atoms with E-state index in [0.717, 1.165) is 6.42 Å². The molecule has 0 aliphatic carbocycles. The van der Waals surface area contributed by atoms with Crippen molar-refractivity contribution in [2.45, 2.75) is 52.5 Å². The standard InChI is InChI=1S/C12H27O3PSi/c1-7-12(10-11-17(4,5)6)16(13,14-8-2)15-9-3/h10-12H,7-9H2,1-6H3/b11-10+. The lowest BCUT2D eigenvalue weighted by atomic mass is 10.3. The first-order valence-corrected chi connectivity index (χ1v) is 11.6. The molecule has 17 heavy (non-hydrogen) atoms. The minimum atomic E-state index is -2.98. The zero-order valence-corrected chi connectivity index (χ0v) is 13.9. The Morgan fingerprint density at radius 3 is 1.88 bits per heavy atom. The molecule has 0 bridgehead atoms. The van der Waals surface area contributed by atoms with Crippen molar-refractivity contribution in [1.82, 2.24) is 0 Å². The van der Waals surface area contributed by atoms with Crippen LogP contribution < -0.4 is 0 Å². The van der Waals surface area contributed by atoms with Gasteiger partial charge >= 0.3 is 7.60 Å². The van der Waals surface area contributed by atoms with Crippen LogP contribution in [0.25, 0.3) is 0 Å². The Balaban J connectivity index is 4.92. The van der Waals surface area contributed by atoms with Crippen LogP contribution in [0.4, 0.5) is 0 Å². The number of allylic oxidation sites excluding steroid dienone is 1. The molecule has 0 aromatic carbocycles. The molecule has 102 valence electrons. The SMILES string of the molecule is CCOP(=O)(OCC)C(/C=C/[Si](C)(C)C)CC. The summed E-state index contributed by atoms with van der Waals surface area (Å²) in [6.07, 6.45) is 2.82. The van der Waals surface area contributed by atoms with Gasteiger partial charge in [0.25, 0.3) is 0 Å². The van der Waals surface area contributed by atoms with E-state index in [9.17, 15) is 4.57 Å². The summed E-state index contributed by atoms with van der Waals surface area (Å²) in [6.45, 7) is 13.3. The third kappa shape index (κ3) is 6.56. The van der Waals surface area contributed by atoms with Gasteiger partial charge in [-0.2, -0.15) is 0 Å². The minimum Gasteiger partial charge on any atom is -0.308 e. The third-order valence-corrected chi connectivity index (χ3v) is 6.04. The second kappa shape index (κ2) is 7.52. The molecule has 0 spiro atoms. The molecule has 0 fully saturated rings. The first-order chi connectivity index (χ1) is 7.79. The highest BCUT2D eigenvalue weighted by Crippen LogP contribution is 2.54. The second-order valence-electron chi connectivity index (χ2n) is 5.08. The molecule has 0 saturated carbocycles. The summed E-state index contributed by atoms with van der Waals surface area (Å²) in [4.78, 5) is 0. The first-order valence-electron chi connectivity index (χ1n) is 6.37. The molecule has 0 radical (unpaired) electrons. The minimum absolute atomic E-state index is 0.117. The van der Waals surface area contributed by atoms with Crippen LogP contribution in [-0.4, -0.2) is 26.9 Å². The van der Waals surface area contributed by atoms with E-state index in [0.29, 0.717) is 13.2 Å². The van der Waals surface area contributed by atoms with E-state index >= 15 is 0 Å². The van der Waals surface area contributed by atoms with Crippen molar-refractivity contribution in [3.05, 3.63) is 11.8 Å². The average molecular weight is 278 g/mol. The lowest BCUT2D eigenvalue weighted by Crippen LogP contribution is -2.18. The Labute approximate surface area is 107 Å². The Morgan fingerprint density at radius 2 is 1.59 bits per heavy atom. The van der Waals surface area contributed by atoms with Gasteiger partial charge in [0.15, 0.2) is 0 Å². The normalized spacial score (nSPS) is 15.4. The molecule has 0 heterocycles. The largest absolute Gasteiger partial charge is 0.337 e. The van der Waals surface area contributed by atoms with E-state index in [1.165, 1.54) is 0 Å². The van der Waals surface area contributed by atoms with Gasteiger partial charge in [-0.05, 0) is 20.3 Å². The molecule has 3 nitrogen and oxygen atoms in total. The van der Waals surface area contributed by atoms with Crippen LogP contribution in [0.3, 0.4) is 0 Å². The van der Waals surface area contributed by atoms with Gasteiger partial charge < -0.3 is 9.05 Å². The van der Waals surface area contributed by atoms with Crippen molar-refractivity contribution in [2.75, 3.05) is 13.2 Å². The molecule has 0 aliphatic rings. The summed E-state index contributed by atoms with van der Waals surface area (Å²) in [5.41, 5.74) is 2.10. The molecular formula is C12H27O3PSi. The highest BCUT2D eigenvalue weighted by atomic mass is 31.2. The van der Waals surface area contributed by atoms with Crippen LogP contribution in [0.1, 0.15) is 27.2 Å². The molecule has 5 heteroatoms. The molecule has 0 amide bonds. The highest BCUT2D eigenvalue weighted by molar-refractivity contribution is 7.54. The van der Waals surface area contributed by atoms with Crippen LogP contribution in [-0.2, 0) is 13.6 Å². The Hall–Kier alpha value is 0.107. The Morgan fingerprint density at radius 1 is 1.12 bits per heavy atom. The molecule has 1 unspecified atom stereocenters. The van der Waals surface area contributed by atoms with Crippen molar-refractivity contribution in [2.24, 2.45) is 0 Å². The Bertz CT molecular complexity index is 274. The van der Waals surface area contributed by atoms with Crippen LogP contribution in [0.15, 0.2) is 11.8 Å². The van der Waals surface area contributed by atoms with Gasteiger partial charge in [0, 0.05) is 0 Å². The monoisotopic (exact) mass is 278 g/mol. The lowest BCUT2D eigenvalue weighted by molar-refractivity contribution is 0.215. The van der Waals surface area contributed by atoms with Gasteiger partial charge in [0.2, 0.25) is 0 Å². The van der Waals surface area contributed by atoms with Gasteiger partial charge in [0.1, 0.15) is 0 Å². The predicted molar refractivity (Wildman–Crippen MR) is 77.4 cm³/mol. The van der Waals surface area contributed by atoms with Gasteiger partial charge in [-0.3, -0.25) is 4.57 Å². The predicted octanol–water partition coefficient (Wildman–Crippen LogP) is 4.46. The highest BCUT2D eigenvalue weighted by Gasteiger charge is 2.32. The molecule has 0 aliphatic heterocycles. The maximum atomic E-state index is 12.6.